The number of aliphatic hydroxyl groups excluding tert-OH is 2. The molecule has 0 radical (unpaired) electrons. The van der Waals surface area contributed by atoms with E-state index in [4.69, 9.17) is 9.47 Å². The van der Waals surface area contributed by atoms with Crippen LogP contribution < -0.4 is 0 Å². The molecule has 6 aliphatic rings. The Morgan fingerprint density at radius 2 is 1.79 bits per heavy atom. The lowest BCUT2D eigenvalue weighted by Crippen LogP contribution is -2.71. The summed E-state index contributed by atoms with van der Waals surface area (Å²) in [6, 6.07) is 0. The van der Waals surface area contributed by atoms with Gasteiger partial charge in [0, 0.05) is 23.2 Å². The van der Waals surface area contributed by atoms with E-state index in [1.54, 1.807) is 0 Å². The molecule has 0 spiro atoms. The van der Waals surface area contributed by atoms with Crippen LogP contribution >= 0.6 is 0 Å². The molecule has 4 saturated carbocycles. The number of hydrogen-bond acceptors (Lipinski definition) is 6. The molecule has 2 bridgehead atoms. The monoisotopic (exact) mass is 406 g/mol. The van der Waals surface area contributed by atoms with Crippen LogP contribution in [0.3, 0.4) is 0 Å². The molecule has 4 aliphatic carbocycles. The fraction of sp³-hybridized carbons (Fsp3) is 0.957. The minimum absolute atomic E-state index is 0.0313. The highest BCUT2D eigenvalue weighted by Crippen LogP contribution is 2.74. The lowest BCUT2D eigenvalue weighted by Gasteiger charge is -2.68. The highest BCUT2D eigenvalue weighted by atomic mass is 16.7. The number of rotatable bonds is 1. The van der Waals surface area contributed by atoms with Crippen molar-refractivity contribution in [3.8, 4) is 0 Å². The number of carbonyl (C=O) groups excluding carboxylic acids is 1. The summed E-state index contributed by atoms with van der Waals surface area (Å²) in [5.41, 5.74) is -1.86. The first kappa shape index (κ1) is 19.0. The van der Waals surface area contributed by atoms with Crippen LogP contribution in [-0.4, -0.2) is 51.5 Å². The van der Waals surface area contributed by atoms with E-state index in [1.165, 1.54) is 0 Å². The minimum Gasteiger partial charge on any atom is -0.435 e. The lowest BCUT2D eigenvalue weighted by molar-refractivity contribution is -0.335. The molecule has 6 rings (SSSR count). The van der Waals surface area contributed by atoms with E-state index in [0.717, 1.165) is 32.1 Å². The maximum absolute atomic E-state index is 12.0. The summed E-state index contributed by atoms with van der Waals surface area (Å²) in [6.45, 7) is 2.34. The molecular weight excluding hydrogens is 372 g/mol. The molecule has 6 nitrogen and oxygen atoms in total. The second kappa shape index (κ2) is 5.76. The SMILES string of the molecule is C[C@]12CC[C@@H]3[C@H](CC[C@@]4(O)C[C@@H](O)CC[C@]34CO)[C@@]13CC[C@H]2[C@H]1CC(=O)O[C@@H]1O3. The molecule has 2 aliphatic heterocycles. The summed E-state index contributed by atoms with van der Waals surface area (Å²) in [5.74, 6) is 0.935. The predicted molar refractivity (Wildman–Crippen MR) is 102 cm³/mol. The van der Waals surface area contributed by atoms with Gasteiger partial charge in [-0.1, -0.05) is 6.92 Å². The molecule has 0 amide bonds. The van der Waals surface area contributed by atoms with Crippen LogP contribution in [0.2, 0.25) is 0 Å². The molecule has 0 unspecified atom stereocenters. The Morgan fingerprint density at radius 1 is 1.03 bits per heavy atom. The lowest BCUT2D eigenvalue weighted by atomic mass is 9.41. The van der Waals surface area contributed by atoms with Gasteiger partial charge in [-0.2, -0.15) is 0 Å². The highest BCUT2D eigenvalue weighted by molar-refractivity contribution is 5.72. The van der Waals surface area contributed by atoms with E-state index in [0.29, 0.717) is 38.0 Å². The zero-order chi connectivity index (χ0) is 20.2. The Labute approximate surface area is 172 Å². The van der Waals surface area contributed by atoms with Gasteiger partial charge in [-0.3, -0.25) is 4.79 Å². The summed E-state index contributed by atoms with van der Waals surface area (Å²) >= 11 is 0. The predicted octanol–water partition coefficient (Wildman–Crippen LogP) is 2.14. The minimum atomic E-state index is -1.00. The van der Waals surface area contributed by atoms with Crippen molar-refractivity contribution < 1.29 is 29.6 Å². The van der Waals surface area contributed by atoms with Crippen molar-refractivity contribution in [3.05, 3.63) is 0 Å². The topological polar surface area (TPSA) is 96.2 Å². The zero-order valence-corrected chi connectivity index (χ0v) is 17.3. The molecule has 2 heterocycles. The Bertz CT molecular complexity index is 741. The fourth-order valence-electron chi connectivity index (χ4n) is 9.51. The fourth-order valence-corrected chi connectivity index (χ4v) is 9.51. The largest absolute Gasteiger partial charge is 0.435 e. The second-order valence-electron chi connectivity index (χ2n) is 11.3. The first-order chi connectivity index (χ1) is 13.8. The Balaban J connectivity index is 1.42. The molecule has 6 fully saturated rings. The van der Waals surface area contributed by atoms with Crippen LogP contribution in [0, 0.1) is 34.5 Å². The molecule has 0 aromatic carbocycles. The first-order valence-corrected chi connectivity index (χ1v) is 11.7. The molecule has 3 N–H and O–H groups in total. The third kappa shape index (κ3) is 2.05. The standard InChI is InChI=1S/C23H34O6/c1-20-6-3-16-17(4-8-22(27)11-13(25)2-7-21(16,22)12-24)23(20)9-5-15(20)14-10-18(26)28-19(14)29-23/h13-17,19,24-25,27H,2-12H2,1H3/t13-,14+,15-,16+,17-,19+,20+,21-,22+,23-/m0/s1. The quantitative estimate of drug-likeness (QED) is 0.578. The second-order valence-corrected chi connectivity index (χ2v) is 11.3. The number of carbonyl (C=O) groups is 1. The van der Waals surface area contributed by atoms with Crippen LogP contribution in [-0.2, 0) is 14.3 Å². The smallest absolute Gasteiger partial charge is 0.308 e. The Kier molecular flexibility index (Phi) is 3.78. The van der Waals surface area contributed by atoms with Crippen LogP contribution in [0.5, 0.6) is 0 Å². The van der Waals surface area contributed by atoms with Gasteiger partial charge in [-0.15, -0.1) is 0 Å². The molecular formula is C23H34O6. The van der Waals surface area contributed by atoms with E-state index >= 15 is 0 Å². The van der Waals surface area contributed by atoms with Gasteiger partial charge in [-0.05, 0) is 69.1 Å². The number of aliphatic hydroxyl groups is 3. The maximum Gasteiger partial charge on any atom is 0.308 e. The third-order valence-corrected chi connectivity index (χ3v) is 10.8. The summed E-state index contributed by atoms with van der Waals surface area (Å²) in [6.07, 6.45) is 6.76. The van der Waals surface area contributed by atoms with Gasteiger partial charge in [0.25, 0.3) is 0 Å². The van der Waals surface area contributed by atoms with Crippen LogP contribution in [0.25, 0.3) is 0 Å². The Hall–Kier alpha value is -0.690. The molecule has 10 atom stereocenters. The van der Waals surface area contributed by atoms with Crippen molar-refractivity contribution in [2.24, 2.45) is 34.5 Å². The summed E-state index contributed by atoms with van der Waals surface area (Å²) in [7, 11) is 0. The van der Waals surface area contributed by atoms with E-state index in [2.05, 4.69) is 6.92 Å². The van der Waals surface area contributed by atoms with E-state index < -0.39 is 23.4 Å². The van der Waals surface area contributed by atoms with Gasteiger partial charge in [-0.25, -0.2) is 0 Å². The first-order valence-electron chi connectivity index (χ1n) is 11.7. The van der Waals surface area contributed by atoms with Crippen LogP contribution in [0.4, 0.5) is 0 Å². The molecule has 0 aromatic rings. The maximum atomic E-state index is 12.0. The van der Waals surface area contributed by atoms with Crippen molar-refractivity contribution in [1.82, 2.24) is 0 Å². The van der Waals surface area contributed by atoms with Crippen molar-refractivity contribution >= 4 is 5.97 Å². The van der Waals surface area contributed by atoms with Crippen molar-refractivity contribution in [2.45, 2.75) is 94.7 Å². The molecule has 29 heavy (non-hydrogen) atoms. The molecule has 0 aromatic heterocycles. The van der Waals surface area contributed by atoms with Crippen LogP contribution in [0.15, 0.2) is 0 Å². The van der Waals surface area contributed by atoms with Gasteiger partial charge >= 0.3 is 5.97 Å². The van der Waals surface area contributed by atoms with E-state index in [9.17, 15) is 20.1 Å². The summed E-state index contributed by atoms with van der Waals surface area (Å²) in [4.78, 5) is 12.0. The number of hydrogen-bond donors (Lipinski definition) is 3. The van der Waals surface area contributed by atoms with Gasteiger partial charge in [0.1, 0.15) is 0 Å². The average Bonchev–Trinajstić information content (AvgIpc) is 3.13. The average molecular weight is 407 g/mol. The highest BCUT2D eigenvalue weighted by Gasteiger charge is 2.75. The number of esters is 1. The number of fused-ring (bicyclic) bond motifs is 5. The number of ether oxygens (including phenoxy) is 2. The van der Waals surface area contributed by atoms with Gasteiger partial charge < -0.3 is 24.8 Å². The van der Waals surface area contributed by atoms with Crippen molar-refractivity contribution in [3.63, 3.8) is 0 Å². The Morgan fingerprint density at radius 3 is 2.59 bits per heavy atom. The van der Waals surface area contributed by atoms with Gasteiger partial charge in [0.05, 0.1) is 30.3 Å². The molecule has 6 heteroatoms. The summed E-state index contributed by atoms with van der Waals surface area (Å²) in [5, 5.41) is 32.5. The molecule has 162 valence electrons. The third-order valence-electron chi connectivity index (χ3n) is 10.8. The van der Waals surface area contributed by atoms with Crippen molar-refractivity contribution in [2.75, 3.05) is 6.61 Å². The van der Waals surface area contributed by atoms with Gasteiger partial charge in [0.15, 0.2) is 0 Å². The van der Waals surface area contributed by atoms with Crippen molar-refractivity contribution in [1.29, 1.82) is 0 Å². The molecule has 2 saturated heterocycles. The zero-order valence-electron chi connectivity index (χ0n) is 17.3. The van der Waals surface area contributed by atoms with Crippen LogP contribution in [0.1, 0.15) is 71.1 Å². The van der Waals surface area contributed by atoms with Gasteiger partial charge in [0.2, 0.25) is 6.29 Å². The van der Waals surface area contributed by atoms with E-state index in [-0.39, 0.29) is 41.3 Å². The summed E-state index contributed by atoms with van der Waals surface area (Å²) < 4.78 is 12.4. The van der Waals surface area contributed by atoms with E-state index in [1.807, 2.05) is 0 Å². The normalized spacial score (nSPS) is 60.6.